The molecule has 0 spiro atoms. The van der Waals surface area contributed by atoms with Crippen LogP contribution in [0.5, 0.6) is 0 Å². The van der Waals surface area contributed by atoms with Gasteiger partial charge in [-0.3, -0.25) is 0 Å². The fourth-order valence-electron chi connectivity index (χ4n) is 2.59. The van der Waals surface area contributed by atoms with Crippen molar-refractivity contribution in [2.45, 2.75) is 51.6 Å². The molecule has 1 aromatic rings. The molecule has 0 aromatic heterocycles. The third-order valence-electron chi connectivity index (χ3n) is 3.57. The molecule has 18 heavy (non-hydrogen) atoms. The first-order valence-electron chi connectivity index (χ1n) is 6.50. The standard InChI is InChI=1S/C15H20OP.Li/c1-11-7-6-8-12(2)14(11)15(16)17-13-9-4-3-5-10-13;/h6-8,13H,3-5,9-10H2,1-2H3;/q-1;+1. The molecule has 3 heteroatoms. The van der Waals surface area contributed by atoms with Crippen LogP contribution >= 0.6 is 8.58 Å². The Bertz CT molecular complexity index is 391. The first-order chi connectivity index (χ1) is 8.18. The van der Waals surface area contributed by atoms with Crippen molar-refractivity contribution in [2.24, 2.45) is 0 Å². The van der Waals surface area contributed by atoms with Crippen LogP contribution in [-0.4, -0.2) is 11.2 Å². The van der Waals surface area contributed by atoms with Crippen LogP contribution in [-0.2, 0) is 0 Å². The number of carbonyl (C=O) groups excluding carboxylic acids is 1. The van der Waals surface area contributed by atoms with E-state index in [-0.39, 0.29) is 18.9 Å². The van der Waals surface area contributed by atoms with Gasteiger partial charge in [-0.15, -0.1) is 0 Å². The van der Waals surface area contributed by atoms with Gasteiger partial charge in [0.15, 0.2) is 0 Å². The zero-order valence-electron chi connectivity index (χ0n) is 11.7. The molecule has 0 heterocycles. The molecule has 0 saturated heterocycles. The summed E-state index contributed by atoms with van der Waals surface area (Å²) < 4.78 is 0. The maximum absolute atomic E-state index is 12.3. The van der Waals surface area contributed by atoms with Crippen LogP contribution < -0.4 is 18.9 Å². The molecule has 1 aliphatic carbocycles. The summed E-state index contributed by atoms with van der Waals surface area (Å²) in [6, 6.07) is 6.10. The third kappa shape index (κ3) is 3.96. The van der Waals surface area contributed by atoms with Crippen LogP contribution in [0.3, 0.4) is 0 Å². The van der Waals surface area contributed by atoms with Crippen molar-refractivity contribution in [3.05, 3.63) is 34.9 Å². The molecule has 0 amide bonds. The van der Waals surface area contributed by atoms with Crippen molar-refractivity contribution < 1.29 is 23.7 Å². The predicted octanol–water partition coefficient (Wildman–Crippen LogP) is 1.73. The van der Waals surface area contributed by atoms with Gasteiger partial charge in [0.05, 0.1) is 0 Å². The predicted molar refractivity (Wildman–Crippen MR) is 74.0 cm³/mol. The summed E-state index contributed by atoms with van der Waals surface area (Å²) in [6.07, 6.45) is 6.43. The average Bonchev–Trinajstić information content (AvgIpc) is 2.30. The Morgan fingerprint density at radius 2 is 1.67 bits per heavy atom. The molecule has 0 bridgehead atoms. The molecule has 0 N–H and O–H groups in total. The Morgan fingerprint density at radius 1 is 1.11 bits per heavy atom. The minimum Gasteiger partial charge on any atom is -0.456 e. The van der Waals surface area contributed by atoms with Gasteiger partial charge in [0.25, 0.3) is 0 Å². The van der Waals surface area contributed by atoms with Crippen molar-refractivity contribution in [3.8, 4) is 0 Å². The summed E-state index contributed by atoms with van der Waals surface area (Å²) in [5.74, 6) is 0. The number of hydrogen-bond donors (Lipinski definition) is 0. The van der Waals surface area contributed by atoms with Crippen LogP contribution in [0.4, 0.5) is 0 Å². The van der Waals surface area contributed by atoms with Gasteiger partial charge in [0.2, 0.25) is 0 Å². The molecule has 1 fully saturated rings. The minimum absolute atomic E-state index is 0. The van der Waals surface area contributed by atoms with Gasteiger partial charge in [-0.25, -0.2) is 0 Å². The fraction of sp³-hybridized carbons (Fsp3) is 0.533. The van der Waals surface area contributed by atoms with Crippen LogP contribution in [0.2, 0.25) is 0 Å². The number of rotatable bonds is 3. The third-order valence-corrected chi connectivity index (χ3v) is 4.91. The maximum atomic E-state index is 12.3. The van der Waals surface area contributed by atoms with Crippen LogP contribution in [0.15, 0.2) is 18.2 Å². The van der Waals surface area contributed by atoms with Crippen molar-refractivity contribution in [2.75, 3.05) is 0 Å². The van der Waals surface area contributed by atoms with E-state index in [4.69, 9.17) is 0 Å². The van der Waals surface area contributed by atoms with Gasteiger partial charge in [-0.1, -0.05) is 50.3 Å². The second-order valence-corrected chi connectivity index (χ2v) is 6.39. The molecule has 0 radical (unpaired) electrons. The summed E-state index contributed by atoms with van der Waals surface area (Å²) in [5.41, 5.74) is 4.14. The first-order valence-corrected chi connectivity index (χ1v) is 7.46. The smallest absolute Gasteiger partial charge is 0.456 e. The zero-order valence-corrected chi connectivity index (χ0v) is 12.6. The number of hydrogen-bond acceptors (Lipinski definition) is 1. The Hall–Kier alpha value is -0.0826. The van der Waals surface area contributed by atoms with Crippen molar-refractivity contribution in [3.63, 3.8) is 0 Å². The number of benzene rings is 1. The molecular formula is C15H20LiOP. The number of aryl methyl sites for hydroxylation is 2. The topological polar surface area (TPSA) is 17.1 Å². The molecule has 1 nitrogen and oxygen atoms in total. The van der Waals surface area contributed by atoms with E-state index < -0.39 is 0 Å². The van der Waals surface area contributed by atoms with Gasteiger partial charge in [0.1, 0.15) is 0 Å². The number of carbonyl (C=O) groups is 1. The minimum atomic E-state index is 0. The van der Waals surface area contributed by atoms with Gasteiger partial charge in [0, 0.05) is 5.52 Å². The van der Waals surface area contributed by atoms with E-state index >= 15 is 0 Å². The maximum Gasteiger partial charge on any atom is 1.00 e. The first kappa shape index (κ1) is 16.0. The van der Waals surface area contributed by atoms with E-state index in [0.29, 0.717) is 11.2 Å². The van der Waals surface area contributed by atoms with Gasteiger partial charge in [-0.2, -0.15) is 5.66 Å². The Morgan fingerprint density at radius 3 is 2.22 bits per heavy atom. The van der Waals surface area contributed by atoms with Crippen LogP contribution in [0.1, 0.15) is 53.6 Å². The molecule has 0 aliphatic heterocycles. The van der Waals surface area contributed by atoms with Crippen molar-refractivity contribution in [1.82, 2.24) is 0 Å². The molecule has 0 unspecified atom stereocenters. The summed E-state index contributed by atoms with van der Waals surface area (Å²) >= 11 is 0. The van der Waals surface area contributed by atoms with Crippen LogP contribution in [0.25, 0.3) is 0 Å². The summed E-state index contributed by atoms with van der Waals surface area (Å²) in [7, 11) is 1.02. The Balaban J connectivity index is 0.00000162. The normalized spacial score (nSPS) is 16.8. The fourth-order valence-corrected chi connectivity index (χ4v) is 4.03. The van der Waals surface area contributed by atoms with E-state index in [1.54, 1.807) is 0 Å². The summed E-state index contributed by atoms with van der Waals surface area (Å²) in [5, 5.41) is 0. The van der Waals surface area contributed by atoms with Crippen molar-refractivity contribution in [1.29, 1.82) is 0 Å². The Labute approximate surface area is 124 Å². The van der Waals surface area contributed by atoms with Gasteiger partial charge < -0.3 is 13.4 Å². The zero-order chi connectivity index (χ0) is 12.3. The van der Waals surface area contributed by atoms with Crippen molar-refractivity contribution >= 4 is 14.1 Å². The molecular weight excluding hydrogens is 234 g/mol. The molecule has 1 aliphatic rings. The molecule has 1 aromatic carbocycles. The molecule has 1 saturated carbocycles. The van der Waals surface area contributed by atoms with E-state index in [1.807, 2.05) is 32.0 Å². The monoisotopic (exact) mass is 254 g/mol. The molecule has 92 valence electrons. The largest absolute Gasteiger partial charge is 1.00 e. The quantitative estimate of drug-likeness (QED) is 0.593. The SMILES string of the molecule is Cc1cccc(C)c1C(=O)[P-]C1CCCCC1.[Li+]. The second-order valence-electron chi connectivity index (χ2n) is 4.99. The van der Waals surface area contributed by atoms with Gasteiger partial charge >= 0.3 is 18.9 Å². The average molecular weight is 254 g/mol. The van der Waals surface area contributed by atoms with Crippen LogP contribution in [0, 0.1) is 13.8 Å². The van der Waals surface area contributed by atoms with E-state index in [9.17, 15) is 4.79 Å². The second kappa shape index (κ2) is 7.49. The molecule has 2 rings (SSSR count). The van der Waals surface area contributed by atoms with E-state index in [1.165, 1.54) is 32.1 Å². The summed E-state index contributed by atoms with van der Waals surface area (Å²) in [6.45, 7) is 4.08. The Kier molecular flexibility index (Phi) is 6.65. The van der Waals surface area contributed by atoms with E-state index in [2.05, 4.69) is 0 Å². The molecule has 0 atom stereocenters. The van der Waals surface area contributed by atoms with E-state index in [0.717, 1.165) is 25.3 Å². The van der Waals surface area contributed by atoms with Gasteiger partial charge in [-0.05, 0) is 30.5 Å². The summed E-state index contributed by atoms with van der Waals surface area (Å²) in [4.78, 5) is 12.3.